The van der Waals surface area contributed by atoms with E-state index in [9.17, 15) is 0 Å². The fourth-order valence-electron chi connectivity index (χ4n) is 1.49. The van der Waals surface area contributed by atoms with Crippen molar-refractivity contribution in [3.8, 4) is 0 Å². The van der Waals surface area contributed by atoms with Crippen molar-refractivity contribution in [2.75, 3.05) is 13.1 Å². The van der Waals surface area contributed by atoms with Crippen LogP contribution in [-0.4, -0.2) is 32.9 Å². The smallest absolute Gasteiger partial charge is 0.149 e. The average molecular weight is 198 g/mol. The minimum absolute atomic E-state index is 0.768. The zero-order chi connectivity index (χ0) is 11.1. The molecule has 0 spiro atoms. The van der Waals surface area contributed by atoms with Gasteiger partial charge in [0.2, 0.25) is 0 Å². The Balaban J connectivity index is 2.75. The molecule has 15 heavy (non-hydrogen) atoms. The predicted octanol–water partition coefficient (Wildman–Crippen LogP) is 1.55. The molecule has 2 nitrogen and oxygen atoms in total. The van der Waals surface area contributed by atoms with Gasteiger partial charge in [-0.3, -0.25) is 0 Å². The summed E-state index contributed by atoms with van der Waals surface area (Å²) in [5.74, 6) is 0.784. The minimum Gasteiger partial charge on any atom is -0.465 e. The van der Waals surface area contributed by atoms with E-state index in [0.717, 1.165) is 30.8 Å². The number of allylic oxidation sites excluding steroid dienone is 2. The molecule has 1 aliphatic heterocycles. The van der Waals surface area contributed by atoms with Crippen molar-refractivity contribution >= 4 is 15.0 Å². The molecule has 3 radical (unpaired) electrons. The third-order valence-corrected chi connectivity index (χ3v) is 2.19. The van der Waals surface area contributed by atoms with Gasteiger partial charge in [-0.15, -0.1) is 0 Å². The average Bonchev–Trinajstić information content (AvgIpc) is 2.29. The third-order valence-electron chi connectivity index (χ3n) is 2.19. The highest BCUT2D eigenvalue weighted by atomic mass is 16.5. The molecule has 1 aliphatic rings. The van der Waals surface area contributed by atoms with Crippen LogP contribution in [0.2, 0.25) is 0 Å². The summed E-state index contributed by atoms with van der Waals surface area (Å²) in [5.41, 5.74) is 1.11. The van der Waals surface area contributed by atoms with E-state index in [-0.39, 0.29) is 0 Å². The van der Waals surface area contributed by atoms with Crippen LogP contribution in [0.15, 0.2) is 49.0 Å². The quantitative estimate of drug-likeness (QED) is 0.377. The molecule has 0 aromatic heterocycles. The van der Waals surface area contributed by atoms with Crippen LogP contribution in [0, 0.1) is 0 Å². The van der Waals surface area contributed by atoms with Gasteiger partial charge in [-0.05, 0) is 19.0 Å². The summed E-state index contributed by atoms with van der Waals surface area (Å²) in [4.78, 5) is 2.04. The van der Waals surface area contributed by atoms with Crippen molar-refractivity contribution in [2.45, 2.75) is 6.42 Å². The lowest BCUT2D eigenvalue weighted by Gasteiger charge is -2.26. The van der Waals surface area contributed by atoms with Crippen LogP contribution < -0.4 is 0 Å². The van der Waals surface area contributed by atoms with Crippen molar-refractivity contribution in [3.05, 3.63) is 49.0 Å². The van der Waals surface area contributed by atoms with E-state index >= 15 is 0 Å². The Bertz CT molecular complexity index is 297. The second-order valence-corrected chi connectivity index (χ2v) is 3.19. The highest BCUT2D eigenvalue weighted by Gasteiger charge is 2.14. The summed E-state index contributed by atoms with van der Waals surface area (Å²) in [6.07, 6.45) is 8.07. The maximum Gasteiger partial charge on any atom is 0.149 e. The molecular weight excluding hydrogens is 184 g/mol. The van der Waals surface area contributed by atoms with E-state index in [0.29, 0.717) is 0 Å². The second-order valence-electron chi connectivity index (χ2n) is 3.19. The summed E-state index contributed by atoms with van der Waals surface area (Å²) in [7, 11) is 7.09. The largest absolute Gasteiger partial charge is 0.465 e. The Hall–Kier alpha value is -1.15. The highest BCUT2D eigenvalue weighted by molar-refractivity contribution is 6.87. The topological polar surface area (TPSA) is 12.5 Å². The summed E-state index contributed by atoms with van der Waals surface area (Å²) < 4.78 is 5.32. The van der Waals surface area contributed by atoms with Gasteiger partial charge in [-0.2, -0.15) is 0 Å². The maximum absolute atomic E-state index is 5.49. The van der Waals surface area contributed by atoms with Gasteiger partial charge in [-0.1, -0.05) is 25.3 Å². The van der Waals surface area contributed by atoms with E-state index in [4.69, 9.17) is 12.5 Å². The maximum atomic E-state index is 5.49. The van der Waals surface area contributed by atoms with Crippen LogP contribution in [0.5, 0.6) is 0 Å². The molecule has 0 saturated heterocycles. The molecule has 0 amide bonds. The van der Waals surface area contributed by atoms with Gasteiger partial charge in [-0.25, -0.2) is 0 Å². The molecule has 0 aliphatic carbocycles. The number of rotatable bonds is 5. The summed E-state index contributed by atoms with van der Waals surface area (Å²) in [6.45, 7) is 8.92. The lowest BCUT2D eigenvalue weighted by Crippen LogP contribution is -2.34. The first-order valence-electron chi connectivity index (χ1n) is 4.90. The Morgan fingerprint density at radius 2 is 2.40 bits per heavy atom. The Morgan fingerprint density at radius 3 is 3.00 bits per heavy atom. The molecule has 0 saturated carbocycles. The number of nitrogens with zero attached hydrogens (tertiary/aromatic N) is 1. The van der Waals surface area contributed by atoms with Gasteiger partial charge in [0.05, 0.1) is 6.26 Å². The van der Waals surface area contributed by atoms with Crippen LogP contribution >= 0.6 is 0 Å². The monoisotopic (exact) mass is 198 g/mol. The number of ether oxygens (including phenoxy) is 1. The van der Waals surface area contributed by atoms with Crippen LogP contribution in [0.4, 0.5) is 0 Å². The van der Waals surface area contributed by atoms with Crippen LogP contribution in [0.3, 0.4) is 0 Å². The molecule has 0 aromatic rings. The lowest BCUT2D eigenvalue weighted by atomic mass is 9.64. The molecule has 0 atom stereocenters. The van der Waals surface area contributed by atoms with E-state index in [2.05, 4.69) is 19.2 Å². The highest BCUT2D eigenvalue weighted by Crippen LogP contribution is 2.18. The first-order chi connectivity index (χ1) is 7.31. The first-order valence-corrected chi connectivity index (χ1v) is 4.90. The van der Waals surface area contributed by atoms with Gasteiger partial charge >= 0.3 is 0 Å². The summed E-state index contributed by atoms with van der Waals surface area (Å²) >= 11 is 0. The molecular formula is C11H14B2NO. The lowest BCUT2D eigenvalue weighted by molar-refractivity contribution is 0.347. The zero-order valence-corrected chi connectivity index (χ0v) is 8.86. The fraction of sp³-hybridized carbons (Fsp3) is 0.273. The predicted molar refractivity (Wildman–Crippen MR) is 65.3 cm³/mol. The zero-order valence-electron chi connectivity index (χ0n) is 8.86. The number of hydrogen-bond donors (Lipinski definition) is 0. The molecule has 0 unspecified atom stereocenters. The van der Waals surface area contributed by atoms with Crippen molar-refractivity contribution in [1.82, 2.24) is 4.81 Å². The van der Waals surface area contributed by atoms with E-state index in [1.165, 1.54) is 6.26 Å². The molecule has 0 aromatic carbocycles. The van der Waals surface area contributed by atoms with E-state index in [1.54, 1.807) is 13.4 Å². The molecule has 4 heteroatoms. The van der Waals surface area contributed by atoms with Crippen molar-refractivity contribution < 1.29 is 4.74 Å². The third kappa shape index (κ3) is 3.48. The fourth-order valence-corrected chi connectivity index (χ4v) is 1.49. The van der Waals surface area contributed by atoms with E-state index in [1.807, 2.05) is 10.9 Å². The normalized spacial score (nSPS) is 17.9. The number of hydrogen-bond acceptors (Lipinski definition) is 2. The Kier molecular flexibility index (Phi) is 5.05. The van der Waals surface area contributed by atoms with Crippen LogP contribution in [-0.2, 0) is 4.74 Å². The van der Waals surface area contributed by atoms with Crippen LogP contribution in [0.1, 0.15) is 6.42 Å². The molecule has 75 valence electrons. The second kappa shape index (κ2) is 6.36. The van der Waals surface area contributed by atoms with Gasteiger partial charge < -0.3 is 9.55 Å². The van der Waals surface area contributed by atoms with E-state index < -0.39 is 0 Å². The molecule has 0 bridgehead atoms. The Morgan fingerprint density at radius 1 is 1.60 bits per heavy atom. The van der Waals surface area contributed by atoms with Crippen molar-refractivity contribution in [1.29, 1.82) is 0 Å². The summed E-state index contributed by atoms with van der Waals surface area (Å²) in [6, 6.07) is 0. The van der Waals surface area contributed by atoms with Crippen molar-refractivity contribution in [2.24, 2.45) is 0 Å². The van der Waals surface area contributed by atoms with Gasteiger partial charge in [0.1, 0.15) is 13.1 Å². The van der Waals surface area contributed by atoms with Gasteiger partial charge in [0.15, 0.2) is 0 Å². The first kappa shape index (κ1) is 11.9. The summed E-state index contributed by atoms with van der Waals surface area (Å²) in [5, 5.41) is 0. The SMILES string of the molecule is [B][B]N1CCC=C(/C(=C/C=C)OC=C)C1. The van der Waals surface area contributed by atoms with Crippen molar-refractivity contribution in [3.63, 3.8) is 0 Å². The minimum atomic E-state index is 0.768. The van der Waals surface area contributed by atoms with Crippen LogP contribution in [0.25, 0.3) is 0 Å². The molecule has 1 heterocycles. The molecule has 1 rings (SSSR count). The standard InChI is InChI=1S/C11H14B2NO/c1-3-6-11(15-4-2)10-7-5-8-14(9-10)13-12/h3-4,6-7H,1-2,5,8-9H2/b11-6-. The Labute approximate surface area is 93.6 Å². The molecule has 0 N–H and O–H groups in total. The molecule has 0 fully saturated rings. The van der Waals surface area contributed by atoms with Gasteiger partial charge in [0.25, 0.3) is 0 Å². The van der Waals surface area contributed by atoms with Gasteiger partial charge in [0, 0.05) is 19.9 Å².